The Morgan fingerprint density at radius 2 is 2.12 bits per heavy atom. The number of rotatable bonds is 5. The van der Waals surface area contributed by atoms with Gasteiger partial charge < -0.3 is 9.47 Å². The molecular weight excluding hydrogens is 336 g/mol. The molecule has 0 aliphatic heterocycles. The fourth-order valence-corrected chi connectivity index (χ4v) is 2.14. The fraction of sp³-hybridized carbons (Fsp3) is 0.111. The highest BCUT2D eigenvalue weighted by Crippen LogP contribution is 2.19. The molecule has 3 rings (SSSR count). The van der Waals surface area contributed by atoms with Gasteiger partial charge in [-0.15, -0.1) is 0 Å². The number of ether oxygens (including phenoxy) is 2. The Labute approximate surface area is 149 Å². The second-order valence-electron chi connectivity index (χ2n) is 5.14. The molecule has 0 atom stereocenters. The maximum atomic E-state index is 12.3. The summed E-state index contributed by atoms with van der Waals surface area (Å²) in [5.41, 5.74) is 0.764. The third-order valence-electron chi connectivity index (χ3n) is 3.32. The molecule has 0 spiro atoms. The maximum Gasteiger partial charge on any atom is 0.411 e. The number of aromatic nitrogens is 3. The van der Waals surface area contributed by atoms with Crippen molar-refractivity contribution >= 4 is 17.7 Å². The molecule has 0 fully saturated rings. The van der Waals surface area contributed by atoms with Crippen LogP contribution in [0.5, 0.6) is 5.75 Å². The van der Waals surface area contributed by atoms with Crippen molar-refractivity contribution in [2.45, 2.75) is 6.92 Å². The molecular formula is C18H16N4O4. The topological polar surface area (TPSA) is 95.3 Å². The number of esters is 1. The summed E-state index contributed by atoms with van der Waals surface area (Å²) >= 11 is 0. The molecule has 3 aromatic rings. The van der Waals surface area contributed by atoms with Gasteiger partial charge in [0, 0.05) is 30.3 Å². The Kier molecular flexibility index (Phi) is 5.23. The number of hydrogen-bond donors (Lipinski definition) is 1. The summed E-state index contributed by atoms with van der Waals surface area (Å²) in [5, 5.41) is 2.55. The van der Waals surface area contributed by atoms with Crippen molar-refractivity contribution in [3.8, 4) is 11.6 Å². The minimum absolute atomic E-state index is 0.266. The number of nitrogens with one attached hydrogen (secondary N) is 1. The average Bonchev–Trinajstić information content (AvgIpc) is 3.17. The standard InChI is InChI=1S/C18H16N4O4/c1-2-25-18(24)21-14-4-3-5-15(10-14)26-17(23)13-6-7-16(20-11-13)22-9-8-19-12-22/h3-12H,2H2,1H3,(H,21,24). The van der Waals surface area contributed by atoms with Crippen LogP contribution in [0.4, 0.5) is 10.5 Å². The first kappa shape index (κ1) is 17.2. The lowest BCUT2D eigenvalue weighted by molar-refractivity contribution is 0.0734. The minimum Gasteiger partial charge on any atom is -0.450 e. The van der Waals surface area contributed by atoms with Gasteiger partial charge >= 0.3 is 12.1 Å². The molecule has 2 heterocycles. The van der Waals surface area contributed by atoms with E-state index in [1.807, 2.05) is 0 Å². The van der Waals surface area contributed by atoms with Gasteiger partial charge in [-0.1, -0.05) is 6.07 Å². The van der Waals surface area contributed by atoms with Crippen molar-refractivity contribution in [3.63, 3.8) is 0 Å². The predicted molar refractivity (Wildman–Crippen MR) is 93.4 cm³/mol. The van der Waals surface area contributed by atoms with Crippen molar-refractivity contribution in [3.05, 3.63) is 66.9 Å². The van der Waals surface area contributed by atoms with E-state index in [9.17, 15) is 9.59 Å². The van der Waals surface area contributed by atoms with Crippen LogP contribution in [-0.4, -0.2) is 33.2 Å². The van der Waals surface area contributed by atoms with Crippen LogP contribution in [0.3, 0.4) is 0 Å². The Hall–Kier alpha value is -3.68. The van der Waals surface area contributed by atoms with Crippen LogP contribution >= 0.6 is 0 Å². The number of amides is 1. The molecule has 0 bridgehead atoms. The minimum atomic E-state index is -0.574. The van der Waals surface area contributed by atoms with Crippen LogP contribution in [0, 0.1) is 0 Å². The quantitative estimate of drug-likeness (QED) is 0.560. The Balaban J connectivity index is 1.67. The van der Waals surface area contributed by atoms with Crippen molar-refractivity contribution < 1.29 is 19.1 Å². The molecule has 8 heteroatoms. The van der Waals surface area contributed by atoms with Gasteiger partial charge in [-0.25, -0.2) is 19.6 Å². The van der Waals surface area contributed by atoms with E-state index < -0.39 is 12.1 Å². The summed E-state index contributed by atoms with van der Waals surface area (Å²) in [5.74, 6) is 0.380. The molecule has 1 amide bonds. The number of carbonyl (C=O) groups is 2. The van der Waals surface area contributed by atoms with Gasteiger partial charge in [0.15, 0.2) is 0 Å². The Bertz CT molecular complexity index is 892. The first-order chi connectivity index (χ1) is 12.7. The lowest BCUT2D eigenvalue weighted by Gasteiger charge is -2.08. The van der Waals surface area contributed by atoms with Gasteiger partial charge in [0.05, 0.1) is 12.2 Å². The zero-order chi connectivity index (χ0) is 18.4. The van der Waals surface area contributed by atoms with E-state index in [4.69, 9.17) is 9.47 Å². The zero-order valence-corrected chi connectivity index (χ0v) is 14.0. The summed E-state index contributed by atoms with van der Waals surface area (Å²) in [6.45, 7) is 1.98. The smallest absolute Gasteiger partial charge is 0.411 e. The molecule has 1 aromatic carbocycles. The molecule has 132 valence electrons. The van der Waals surface area contributed by atoms with Gasteiger partial charge in [0.1, 0.15) is 17.9 Å². The maximum absolute atomic E-state index is 12.3. The third kappa shape index (κ3) is 4.23. The Morgan fingerprint density at radius 1 is 1.23 bits per heavy atom. The molecule has 8 nitrogen and oxygen atoms in total. The van der Waals surface area contributed by atoms with E-state index in [1.54, 1.807) is 60.5 Å². The van der Waals surface area contributed by atoms with Crippen molar-refractivity contribution in [2.24, 2.45) is 0 Å². The number of carbonyl (C=O) groups excluding carboxylic acids is 2. The van der Waals surface area contributed by atoms with Gasteiger partial charge in [-0.2, -0.15) is 0 Å². The number of nitrogens with zero attached hydrogens (tertiary/aromatic N) is 3. The molecule has 0 saturated heterocycles. The van der Waals surface area contributed by atoms with Crippen LogP contribution in [0.25, 0.3) is 5.82 Å². The van der Waals surface area contributed by atoms with Gasteiger partial charge in [-0.05, 0) is 31.2 Å². The molecule has 0 aliphatic rings. The predicted octanol–water partition coefficient (Wildman–Crippen LogP) is 3.05. The summed E-state index contributed by atoms with van der Waals surface area (Å²) < 4.78 is 11.9. The van der Waals surface area contributed by atoms with E-state index in [2.05, 4.69) is 15.3 Å². The summed E-state index contributed by atoms with van der Waals surface area (Å²) in [7, 11) is 0. The monoisotopic (exact) mass is 352 g/mol. The van der Waals surface area contributed by atoms with Crippen LogP contribution in [0.15, 0.2) is 61.3 Å². The van der Waals surface area contributed by atoms with E-state index >= 15 is 0 Å². The number of imidazole rings is 1. The second-order valence-corrected chi connectivity index (χ2v) is 5.14. The number of benzene rings is 1. The highest BCUT2D eigenvalue weighted by atomic mass is 16.5. The number of pyridine rings is 1. The Morgan fingerprint density at radius 3 is 2.81 bits per heavy atom. The normalized spacial score (nSPS) is 10.2. The molecule has 2 aromatic heterocycles. The second kappa shape index (κ2) is 7.93. The highest BCUT2D eigenvalue weighted by Gasteiger charge is 2.11. The van der Waals surface area contributed by atoms with Crippen LogP contribution in [0.2, 0.25) is 0 Å². The molecule has 0 unspecified atom stereocenters. The summed E-state index contributed by atoms with van der Waals surface area (Å²) in [4.78, 5) is 31.8. The molecule has 26 heavy (non-hydrogen) atoms. The molecule has 0 aliphatic carbocycles. The molecule has 0 saturated carbocycles. The van der Waals surface area contributed by atoms with Gasteiger partial charge in [-0.3, -0.25) is 9.88 Å². The van der Waals surface area contributed by atoms with E-state index in [0.717, 1.165) is 0 Å². The zero-order valence-electron chi connectivity index (χ0n) is 14.0. The SMILES string of the molecule is CCOC(=O)Nc1cccc(OC(=O)c2ccc(-n3ccnc3)nc2)c1. The molecule has 1 N–H and O–H groups in total. The van der Waals surface area contributed by atoms with E-state index in [0.29, 0.717) is 22.8 Å². The van der Waals surface area contributed by atoms with Crippen molar-refractivity contribution in [2.75, 3.05) is 11.9 Å². The molecule has 0 radical (unpaired) electrons. The lowest BCUT2D eigenvalue weighted by Crippen LogP contribution is -2.13. The largest absolute Gasteiger partial charge is 0.450 e. The highest BCUT2D eigenvalue weighted by molar-refractivity contribution is 5.91. The van der Waals surface area contributed by atoms with E-state index in [1.165, 1.54) is 12.3 Å². The number of hydrogen-bond acceptors (Lipinski definition) is 6. The van der Waals surface area contributed by atoms with Gasteiger partial charge in [0.2, 0.25) is 0 Å². The van der Waals surface area contributed by atoms with Crippen molar-refractivity contribution in [1.29, 1.82) is 0 Å². The van der Waals surface area contributed by atoms with Crippen molar-refractivity contribution in [1.82, 2.24) is 14.5 Å². The average molecular weight is 352 g/mol. The summed E-state index contributed by atoms with van der Waals surface area (Å²) in [6.07, 6.45) is 5.86. The van der Waals surface area contributed by atoms with Gasteiger partial charge in [0.25, 0.3) is 0 Å². The van der Waals surface area contributed by atoms with Crippen LogP contribution in [-0.2, 0) is 4.74 Å². The lowest BCUT2D eigenvalue weighted by atomic mass is 10.2. The summed E-state index contributed by atoms with van der Waals surface area (Å²) in [6, 6.07) is 9.77. The van der Waals surface area contributed by atoms with Crippen LogP contribution < -0.4 is 10.1 Å². The first-order valence-electron chi connectivity index (χ1n) is 7.86. The number of anilines is 1. The van der Waals surface area contributed by atoms with Crippen LogP contribution in [0.1, 0.15) is 17.3 Å². The fourth-order valence-electron chi connectivity index (χ4n) is 2.14. The first-order valence-corrected chi connectivity index (χ1v) is 7.86. The van der Waals surface area contributed by atoms with E-state index in [-0.39, 0.29) is 6.61 Å². The third-order valence-corrected chi connectivity index (χ3v) is 3.32.